The molecule has 0 unspecified atom stereocenters. The summed E-state index contributed by atoms with van der Waals surface area (Å²) in [6, 6.07) is 15.6. The Morgan fingerprint density at radius 1 is 1.00 bits per heavy atom. The van der Waals surface area contributed by atoms with Gasteiger partial charge in [0, 0.05) is 0 Å². The molecule has 2 aromatic rings. The fourth-order valence-corrected chi connectivity index (χ4v) is 2.94. The van der Waals surface area contributed by atoms with E-state index in [1.54, 1.807) is 24.3 Å². The zero-order valence-corrected chi connectivity index (χ0v) is 16.2. The standard InChI is InChI=1S/C22H24O8/c1-2-12-27-20-19(24)18(23)17(30-22(20)26)13-28-21(25)14-8-10-16(11-9-14)29-15-6-4-3-5-7-15/h2-11,17-20,22-24,26H,1,12-13H2/t17-,18-,19+,20-,22-/m1/s1. The van der Waals surface area contributed by atoms with E-state index < -0.39 is 36.7 Å². The Hall–Kier alpha value is -2.75. The van der Waals surface area contributed by atoms with Crippen LogP contribution in [0.3, 0.4) is 0 Å². The molecule has 1 fully saturated rings. The van der Waals surface area contributed by atoms with Crippen molar-refractivity contribution < 1.29 is 39.1 Å². The maximum absolute atomic E-state index is 12.3. The van der Waals surface area contributed by atoms with Gasteiger partial charge in [0.2, 0.25) is 0 Å². The van der Waals surface area contributed by atoms with Crippen molar-refractivity contribution >= 4 is 5.97 Å². The molecule has 0 saturated carbocycles. The summed E-state index contributed by atoms with van der Waals surface area (Å²) in [6.07, 6.45) is -5.10. The van der Waals surface area contributed by atoms with Crippen molar-refractivity contribution in [1.82, 2.24) is 0 Å². The number of carbonyl (C=O) groups is 1. The van der Waals surface area contributed by atoms with Gasteiger partial charge in [0.05, 0.1) is 12.2 Å². The topological polar surface area (TPSA) is 115 Å². The van der Waals surface area contributed by atoms with E-state index in [2.05, 4.69) is 6.58 Å². The number of carbonyl (C=O) groups excluding carboxylic acids is 1. The average molecular weight is 416 g/mol. The summed E-state index contributed by atoms with van der Waals surface area (Å²) in [5, 5.41) is 30.3. The Bertz CT molecular complexity index is 823. The Kier molecular flexibility index (Phi) is 7.56. The van der Waals surface area contributed by atoms with Crippen LogP contribution in [0.5, 0.6) is 11.5 Å². The zero-order chi connectivity index (χ0) is 21.5. The second-order valence-electron chi connectivity index (χ2n) is 6.67. The van der Waals surface area contributed by atoms with E-state index in [4.69, 9.17) is 18.9 Å². The number of aliphatic hydroxyl groups excluding tert-OH is 3. The van der Waals surface area contributed by atoms with Gasteiger partial charge in [-0.05, 0) is 36.4 Å². The molecule has 30 heavy (non-hydrogen) atoms. The molecule has 0 amide bonds. The Labute approximate surface area is 173 Å². The molecular formula is C22H24O8. The number of aliphatic hydroxyl groups is 3. The van der Waals surface area contributed by atoms with E-state index in [0.717, 1.165) is 0 Å². The van der Waals surface area contributed by atoms with Crippen molar-refractivity contribution in [3.63, 3.8) is 0 Å². The number of hydrogen-bond donors (Lipinski definition) is 3. The van der Waals surface area contributed by atoms with Gasteiger partial charge < -0.3 is 34.3 Å². The van der Waals surface area contributed by atoms with E-state index >= 15 is 0 Å². The highest BCUT2D eigenvalue weighted by Gasteiger charge is 2.45. The minimum Gasteiger partial charge on any atom is -0.459 e. The molecule has 0 radical (unpaired) electrons. The van der Waals surface area contributed by atoms with Crippen LogP contribution in [0.2, 0.25) is 0 Å². The van der Waals surface area contributed by atoms with Gasteiger partial charge in [0.25, 0.3) is 0 Å². The van der Waals surface area contributed by atoms with Gasteiger partial charge in [-0.25, -0.2) is 4.79 Å². The van der Waals surface area contributed by atoms with E-state index in [-0.39, 0.29) is 18.8 Å². The Morgan fingerprint density at radius 3 is 2.33 bits per heavy atom. The lowest BCUT2D eigenvalue weighted by Crippen LogP contribution is -2.59. The third kappa shape index (κ3) is 5.44. The van der Waals surface area contributed by atoms with Gasteiger partial charge in [-0.15, -0.1) is 6.58 Å². The van der Waals surface area contributed by atoms with Crippen LogP contribution in [0.1, 0.15) is 10.4 Å². The summed E-state index contributed by atoms with van der Waals surface area (Å²) in [4.78, 5) is 12.3. The van der Waals surface area contributed by atoms with Gasteiger partial charge in [-0.2, -0.15) is 0 Å². The lowest BCUT2D eigenvalue weighted by Gasteiger charge is -2.39. The number of rotatable bonds is 8. The molecule has 3 rings (SSSR count). The molecule has 1 aliphatic heterocycles. The lowest BCUT2D eigenvalue weighted by molar-refractivity contribution is -0.294. The van der Waals surface area contributed by atoms with Crippen molar-refractivity contribution in [3.05, 3.63) is 72.8 Å². The predicted molar refractivity (Wildman–Crippen MR) is 106 cm³/mol. The zero-order valence-electron chi connectivity index (χ0n) is 16.2. The quantitative estimate of drug-likeness (QED) is 0.440. The van der Waals surface area contributed by atoms with Crippen LogP contribution in [0.25, 0.3) is 0 Å². The van der Waals surface area contributed by atoms with Gasteiger partial charge in [-0.1, -0.05) is 24.3 Å². The molecule has 8 heteroatoms. The van der Waals surface area contributed by atoms with Crippen molar-refractivity contribution in [2.75, 3.05) is 13.2 Å². The highest BCUT2D eigenvalue weighted by molar-refractivity contribution is 5.89. The molecule has 3 N–H and O–H groups in total. The number of esters is 1. The first-order valence-corrected chi connectivity index (χ1v) is 9.42. The first-order chi connectivity index (χ1) is 14.5. The fourth-order valence-electron chi connectivity index (χ4n) is 2.94. The molecule has 5 atom stereocenters. The van der Waals surface area contributed by atoms with Crippen LogP contribution >= 0.6 is 0 Å². The van der Waals surface area contributed by atoms with Gasteiger partial charge in [-0.3, -0.25) is 0 Å². The summed E-state index contributed by atoms with van der Waals surface area (Å²) >= 11 is 0. The number of hydrogen-bond acceptors (Lipinski definition) is 8. The lowest BCUT2D eigenvalue weighted by atomic mass is 9.99. The molecule has 0 bridgehead atoms. The molecule has 2 aromatic carbocycles. The summed E-state index contributed by atoms with van der Waals surface area (Å²) in [7, 11) is 0. The SMILES string of the molecule is C=CCO[C@@H]1[C@@H](O)[C@H](O)[C@@H](COC(=O)c2ccc(Oc3ccccc3)cc2)O[C@H]1O. The van der Waals surface area contributed by atoms with E-state index in [0.29, 0.717) is 11.5 Å². The maximum Gasteiger partial charge on any atom is 0.338 e. The van der Waals surface area contributed by atoms with Gasteiger partial charge in [0.15, 0.2) is 6.29 Å². The van der Waals surface area contributed by atoms with Crippen molar-refractivity contribution in [2.45, 2.75) is 30.7 Å². The fraction of sp³-hybridized carbons (Fsp3) is 0.318. The minimum absolute atomic E-state index is 0.0680. The van der Waals surface area contributed by atoms with E-state index in [1.165, 1.54) is 6.08 Å². The van der Waals surface area contributed by atoms with Crippen LogP contribution in [-0.4, -0.2) is 65.2 Å². The van der Waals surface area contributed by atoms with Crippen LogP contribution in [0, 0.1) is 0 Å². The highest BCUT2D eigenvalue weighted by Crippen LogP contribution is 2.24. The number of para-hydroxylation sites is 1. The average Bonchev–Trinajstić information content (AvgIpc) is 2.76. The van der Waals surface area contributed by atoms with Gasteiger partial charge in [0.1, 0.15) is 42.5 Å². The Balaban J connectivity index is 1.53. The molecular weight excluding hydrogens is 392 g/mol. The summed E-state index contributed by atoms with van der Waals surface area (Å²) < 4.78 is 21.3. The summed E-state index contributed by atoms with van der Waals surface area (Å²) in [6.45, 7) is 3.19. The second kappa shape index (κ2) is 10.3. The molecule has 1 heterocycles. The molecule has 1 aliphatic rings. The number of ether oxygens (including phenoxy) is 4. The predicted octanol–water partition coefficient (Wildman–Crippen LogP) is 1.65. The molecule has 0 aliphatic carbocycles. The summed E-state index contributed by atoms with van der Waals surface area (Å²) in [5.74, 6) is 0.579. The highest BCUT2D eigenvalue weighted by atomic mass is 16.7. The molecule has 0 spiro atoms. The van der Waals surface area contributed by atoms with Crippen molar-refractivity contribution in [3.8, 4) is 11.5 Å². The van der Waals surface area contributed by atoms with Crippen LogP contribution in [0.15, 0.2) is 67.3 Å². The normalized spacial score (nSPS) is 26.0. The third-order valence-corrected chi connectivity index (χ3v) is 4.52. The number of benzene rings is 2. The van der Waals surface area contributed by atoms with Crippen LogP contribution < -0.4 is 4.74 Å². The first-order valence-electron chi connectivity index (χ1n) is 9.42. The molecule has 1 saturated heterocycles. The maximum atomic E-state index is 12.3. The first kappa shape index (κ1) is 21.9. The third-order valence-electron chi connectivity index (χ3n) is 4.52. The monoisotopic (exact) mass is 416 g/mol. The summed E-state index contributed by atoms with van der Waals surface area (Å²) in [5.41, 5.74) is 0.272. The van der Waals surface area contributed by atoms with E-state index in [9.17, 15) is 20.1 Å². The van der Waals surface area contributed by atoms with Crippen LogP contribution in [0.4, 0.5) is 0 Å². The molecule has 8 nitrogen and oxygen atoms in total. The smallest absolute Gasteiger partial charge is 0.338 e. The molecule has 0 aromatic heterocycles. The van der Waals surface area contributed by atoms with Crippen molar-refractivity contribution in [2.24, 2.45) is 0 Å². The second-order valence-corrected chi connectivity index (χ2v) is 6.67. The Morgan fingerprint density at radius 2 is 1.67 bits per heavy atom. The van der Waals surface area contributed by atoms with E-state index in [1.807, 2.05) is 30.3 Å². The van der Waals surface area contributed by atoms with Crippen molar-refractivity contribution in [1.29, 1.82) is 0 Å². The molecule has 160 valence electrons. The minimum atomic E-state index is -1.48. The van der Waals surface area contributed by atoms with Gasteiger partial charge >= 0.3 is 5.97 Å². The largest absolute Gasteiger partial charge is 0.459 e. The van der Waals surface area contributed by atoms with Crippen LogP contribution in [-0.2, 0) is 14.2 Å².